The van der Waals surface area contributed by atoms with Gasteiger partial charge in [-0.25, -0.2) is 0 Å². The number of unbranched alkanes of at least 4 members (excludes halogenated alkanes) is 28. The molecular formula is C61H106O6. The molecule has 0 aromatic rings. The van der Waals surface area contributed by atoms with Gasteiger partial charge in [0.05, 0.1) is 0 Å². The summed E-state index contributed by atoms with van der Waals surface area (Å²) in [5.41, 5.74) is 0. The zero-order chi connectivity index (χ0) is 48.6. The van der Waals surface area contributed by atoms with Crippen LogP contribution in [-0.4, -0.2) is 37.2 Å². The van der Waals surface area contributed by atoms with Crippen LogP contribution in [0.4, 0.5) is 0 Å². The minimum absolute atomic E-state index is 0.0899. The molecule has 0 aromatic carbocycles. The Bertz CT molecular complexity index is 1260. The molecule has 0 bridgehead atoms. The number of hydrogen-bond donors (Lipinski definition) is 0. The minimum atomic E-state index is -0.795. The first-order valence-electron chi connectivity index (χ1n) is 28.4. The summed E-state index contributed by atoms with van der Waals surface area (Å²) < 4.78 is 16.8. The molecule has 0 fully saturated rings. The van der Waals surface area contributed by atoms with Crippen LogP contribution >= 0.6 is 0 Å². The Morgan fingerprint density at radius 2 is 0.537 bits per heavy atom. The summed E-state index contributed by atoms with van der Waals surface area (Å²) in [5.74, 6) is -0.926. The van der Waals surface area contributed by atoms with E-state index in [0.29, 0.717) is 19.3 Å². The summed E-state index contributed by atoms with van der Waals surface area (Å²) in [6.07, 6.45) is 70.2. The molecule has 0 rings (SSSR count). The van der Waals surface area contributed by atoms with Gasteiger partial charge >= 0.3 is 17.9 Å². The molecule has 0 aliphatic rings. The molecule has 0 saturated carbocycles. The molecule has 0 N–H and O–H groups in total. The lowest BCUT2D eigenvalue weighted by atomic mass is 10.0. The Balaban J connectivity index is 4.46. The molecular weight excluding hydrogens is 829 g/mol. The van der Waals surface area contributed by atoms with E-state index in [9.17, 15) is 14.4 Å². The Hall–Kier alpha value is -3.15. The molecule has 0 saturated heterocycles. The predicted molar refractivity (Wildman–Crippen MR) is 288 cm³/mol. The van der Waals surface area contributed by atoms with Gasteiger partial charge in [0.15, 0.2) is 6.10 Å². The van der Waals surface area contributed by atoms with Crippen molar-refractivity contribution < 1.29 is 28.6 Å². The maximum absolute atomic E-state index is 12.8. The Labute approximate surface area is 414 Å². The van der Waals surface area contributed by atoms with Crippen molar-refractivity contribution in [1.29, 1.82) is 0 Å². The van der Waals surface area contributed by atoms with E-state index in [0.717, 1.165) is 109 Å². The van der Waals surface area contributed by atoms with Crippen LogP contribution in [-0.2, 0) is 28.6 Å². The number of hydrogen-bond acceptors (Lipinski definition) is 6. The maximum Gasteiger partial charge on any atom is 0.306 e. The molecule has 0 aromatic heterocycles. The van der Waals surface area contributed by atoms with Crippen molar-refractivity contribution in [3.05, 3.63) is 72.9 Å². The fourth-order valence-electron chi connectivity index (χ4n) is 7.87. The van der Waals surface area contributed by atoms with Crippen LogP contribution in [0.3, 0.4) is 0 Å². The Morgan fingerprint density at radius 3 is 0.866 bits per heavy atom. The number of rotatable bonds is 51. The molecule has 0 spiro atoms. The highest BCUT2D eigenvalue weighted by molar-refractivity contribution is 5.71. The van der Waals surface area contributed by atoms with Gasteiger partial charge < -0.3 is 14.2 Å². The first-order valence-corrected chi connectivity index (χ1v) is 28.4. The van der Waals surface area contributed by atoms with Crippen LogP contribution in [0.25, 0.3) is 0 Å². The third-order valence-electron chi connectivity index (χ3n) is 12.2. The van der Waals surface area contributed by atoms with E-state index < -0.39 is 6.10 Å². The van der Waals surface area contributed by atoms with Gasteiger partial charge in [0.2, 0.25) is 0 Å². The van der Waals surface area contributed by atoms with Crippen molar-refractivity contribution in [1.82, 2.24) is 0 Å². The second-order valence-electron chi connectivity index (χ2n) is 18.8. The summed E-state index contributed by atoms with van der Waals surface area (Å²) in [6.45, 7) is 6.57. The number of esters is 3. The number of carbonyl (C=O) groups excluding carboxylic acids is 3. The molecule has 0 unspecified atom stereocenters. The molecule has 1 atom stereocenters. The van der Waals surface area contributed by atoms with Gasteiger partial charge in [-0.1, -0.05) is 235 Å². The summed E-state index contributed by atoms with van der Waals surface area (Å²) in [4.78, 5) is 38.1. The average Bonchev–Trinajstić information content (AvgIpc) is 3.33. The van der Waals surface area contributed by atoms with Gasteiger partial charge in [0.1, 0.15) is 13.2 Å². The van der Waals surface area contributed by atoms with Gasteiger partial charge in [-0.15, -0.1) is 0 Å². The summed E-state index contributed by atoms with van der Waals surface area (Å²) >= 11 is 0. The van der Waals surface area contributed by atoms with Crippen LogP contribution in [0.1, 0.15) is 278 Å². The molecule has 0 amide bonds. The highest BCUT2D eigenvalue weighted by atomic mass is 16.6. The number of carbonyl (C=O) groups is 3. The zero-order valence-corrected chi connectivity index (χ0v) is 44.2. The lowest BCUT2D eigenvalue weighted by molar-refractivity contribution is -0.167. The lowest BCUT2D eigenvalue weighted by Crippen LogP contribution is -2.30. The topological polar surface area (TPSA) is 78.9 Å². The number of ether oxygens (including phenoxy) is 3. The minimum Gasteiger partial charge on any atom is -0.462 e. The van der Waals surface area contributed by atoms with E-state index in [1.807, 2.05) is 0 Å². The summed E-state index contributed by atoms with van der Waals surface area (Å²) in [6, 6.07) is 0. The van der Waals surface area contributed by atoms with Gasteiger partial charge in [0.25, 0.3) is 0 Å². The van der Waals surface area contributed by atoms with Gasteiger partial charge in [-0.2, -0.15) is 0 Å². The van der Waals surface area contributed by atoms with E-state index in [1.54, 1.807) is 0 Å². The average molecular weight is 936 g/mol. The van der Waals surface area contributed by atoms with Crippen molar-refractivity contribution in [3.8, 4) is 0 Å². The van der Waals surface area contributed by atoms with Crippen molar-refractivity contribution in [2.24, 2.45) is 0 Å². The van der Waals surface area contributed by atoms with Crippen molar-refractivity contribution in [2.45, 2.75) is 284 Å². The predicted octanol–water partition coefficient (Wildman–Crippen LogP) is 19.0. The molecule has 6 nitrogen and oxygen atoms in total. The van der Waals surface area contributed by atoms with E-state index in [-0.39, 0.29) is 31.1 Å². The van der Waals surface area contributed by atoms with Crippen LogP contribution in [0.5, 0.6) is 0 Å². The SMILES string of the molecule is CCCCC/C=C/C/C=C/C/C=C/CCCCCCC(=O)OC[C@@H](COC(=O)CCCCCCCCCCCCCCCCC)OC(=O)CCCCCC/C=C/C/C=C/C/C=C/CCCCC. The molecule has 0 heterocycles. The Kier molecular flexibility index (Phi) is 52.8. The fourth-order valence-corrected chi connectivity index (χ4v) is 7.87. The van der Waals surface area contributed by atoms with E-state index in [1.165, 1.54) is 128 Å². The van der Waals surface area contributed by atoms with Crippen LogP contribution < -0.4 is 0 Å². The Morgan fingerprint density at radius 1 is 0.299 bits per heavy atom. The summed E-state index contributed by atoms with van der Waals surface area (Å²) in [5, 5.41) is 0. The summed E-state index contributed by atoms with van der Waals surface area (Å²) in [7, 11) is 0. The number of allylic oxidation sites excluding steroid dienone is 12. The van der Waals surface area contributed by atoms with Crippen molar-refractivity contribution in [2.75, 3.05) is 13.2 Å². The molecule has 0 aliphatic carbocycles. The van der Waals surface area contributed by atoms with Crippen LogP contribution in [0.15, 0.2) is 72.9 Å². The smallest absolute Gasteiger partial charge is 0.306 e. The monoisotopic (exact) mass is 935 g/mol. The van der Waals surface area contributed by atoms with E-state index in [4.69, 9.17) is 14.2 Å². The van der Waals surface area contributed by atoms with Crippen molar-refractivity contribution in [3.63, 3.8) is 0 Å². The molecule has 0 radical (unpaired) electrons. The molecule has 386 valence electrons. The second kappa shape index (κ2) is 55.4. The normalized spacial score (nSPS) is 12.6. The first kappa shape index (κ1) is 63.8. The standard InChI is InChI=1S/C61H106O6/c1-4-7-10-13-16-19-22-25-28-30-33-36-39-42-45-48-51-54-60(63)66-57-58(56-65-59(62)53-50-47-44-41-38-35-32-27-24-21-18-15-12-9-6-3)67-61(64)55-52-49-46-43-40-37-34-31-29-26-23-20-17-14-11-8-5-2/h16-17,19-20,25-26,28-29,33-34,36-37,58H,4-15,18,21-24,27,30-32,35,38-57H2,1-3H3/b19-16+,20-17+,28-25+,29-26+,36-33+,37-34+/t58-/m1/s1. The first-order chi connectivity index (χ1) is 33.0. The molecule has 67 heavy (non-hydrogen) atoms. The highest BCUT2D eigenvalue weighted by Crippen LogP contribution is 2.15. The van der Waals surface area contributed by atoms with Gasteiger partial charge in [-0.05, 0) is 96.3 Å². The molecule has 6 heteroatoms. The fraction of sp³-hybridized carbons (Fsp3) is 0.754. The van der Waals surface area contributed by atoms with E-state index >= 15 is 0 Å². The third kappa shape index (κ3) is 53.7. The van der Waals surface area contributed by atoms with Gasteiger partial charge in [0, 0.05) is 19.3 Å². The van der Waals surface area contributed by atoms with Crippen LogP contribution in [0, 0.1) is 0 Å². The molecule has 0 aliphatic heterocycles. The van der Waals surface area contributed by atoms with Gasteiger partial charge in [-0.3, -0.25) is 14.4 Å². The zero-order valence-electron chi connectivity index (χ0n) is 44.2. The largest absolute Gasteiger partial charge is 0.462 e. The third-order valence-corrected chi connectivity index (χ3v) is 12.2. The lowest BCUT2D eigenvalue weighted by Gasteiger charge is -2.18. The second-order valence-corrected chi connectivity index (χ2v) is 18.8. The highest BCUT2D eigenvalue weighted by Gasteiger charge is 2.19. The van der Waals surface area contributed by atoms with Crippen LogP contribution in [0.2, 0.25) is 0 Å². The maximum atomic E-state index is 12.8. The van der Waals surface area contributed by atoms with E-state index in [2.05, 4.69) is 93.7 Å². The quantitative estimate of drug-likeness (QED) is 0.0262. The van der Waals surface area contributed by atoms with Crippen molar-refractivity contribution >= 4 is 17.9 Å².